The van der Waals surface area contributed by atoms with Gasteiger partial charge in [-0.2, -0.15) is 0 Å². The highest BCUT2D eigenvalue weighted by Crippen LogP contribution is 2.38. The number of hydrogen-bond donors (Lipinski definition) is 1. The first-order valence-corrected chi connectivity index (χ1v) is 9.75. The molecule has 2 nitrogen and oxygen atoms in total. The lowest BCUT2D eigenvalue weighted by Gasteiger charge is -2.37. The number of nitrogens with zero attached hydrogens (tertiary/aromatic N) is 1. The summed E-state index contributed by atoms with van der Waals surface area (Å²) < 4.78 is 2.28. The summed E-state index contributed by atoms with van der Waals surface area (Å²) in [4.78, 5) is 3.95. The van der Waals surface area contributed by atoms with Crippen LogP contribution in [-0.4, -0.2) is 24.0 Å². The largest absolute Gasteiger partial charge is 0.329 e. The Kier molecular flexibility index (Phi) is 8.28. The minimum Gasteiger partial charge on any atom is -0.329 e. The van der Waals surface area contributed by atoms with Crippen LogP contribution in [0, 0.1) is 5.92 Å². The zero-order chi connectivity index (χ0) is 15.3. The van der Waals surface area contributed by atoms with E-state index >= 15 is 0 Å². The highest BCUT2D eigenvalue weighted by Gasteiger charge is 2.27. The third-order valence-electron chi connectivity index (χ3n) is 3.60. The van der Waals surface area contributed by atoms with Crippen LogP contribution in [0.5, 0.6) is 0 Å². The van der Waals surface area contributed by atoms with Crippen LogP contribution in [-0.2, 0) is 0 Å². The molecule has 0 aliphatic rings. The standard InChI is InChI=1S/C15H26Br2N2S/c1-5-11(6-2)19(9-10(3)4)13(8-18)14-7-12(16)15(17)20-14/h7,10-11,13H,5-6,8-9,18H2,1-4H3. The molecule has 0 aliphatic carbocycles. The first-order chi connectivity index (χ1) is 9.44. The van der Waals surface area contributed by atoms with Gasteiger partial charge in [-0.25, -0.2) is 0 Å². The quantitative estimate of drug-likeness (QED) is 0.602. The summed E-state index contributed by atoms with van der Waals surface area (Å²) >= 11 is 8.97. The van der Waals surface area contributed by atoms with E-state index in [0.29, 0.717) is 24.5 Å². The average molecular weight is 426 g/mol. The molecule has 0 radical (unpaired) electrons. The van der Waals surface area contributed by atoms with Crippen molar-refractivity contribution in [3.8, 4) is 0 Å². The van der Waals surface area contributed by atoms with Crippen molar-refractivity contribution in [3.63, 3.8) is 0 Å². The maximum absolute atomic E-state index is 6.12. The van der Waals surface area contributed by atoms with Crippen molar-refractivity contribution in [1.82, 2.24) is 4.90 Å². The summed E-state index contributed by atoms with van der Waals surface area (Å²) in [6.07, 6.45) is 2.35. The second kappa shape index (κ2) is 8.89. The van der Waals surface area contributed by atoms with Gasteiger partial charge in [0.05, 0.1) is 9.83 Å². The third kappa shape index (κ3) is 4.80. The maximum Gasteiger partial charge on any atom is 0.0843 e. The third-order valence-corrected chi connectivity index (χ3v) is 6.96. The SMILES string of the molecule is CCC(CC)N(CC(C)C)C(CN)c1cc(Br)c(Br)s1. The topological polar surface area (TPSA) is 29.3 Å². The Morgan fingerprint density at radius 1 is 1.25 bits per heavy atom. The van der Waals surface area contributed by atoms with Gasteiger partial charge in [-0.1, -0.05) is 27.7 Å². The van der Waals surface area contributed by atoms with Gasteiger partial charge in [-0.05, 0) is 56.7 Å². The second-order valence-corrected chi connectivity index (χ2v) is 8.84. The minimum absolute atomic E-state index is 0.315. The Labute approximate surface area is 144 Å². The number of nitrogens with two attached hydrogens (primary N) is 1. The lowest BCUT2D eigenvalue weighted by Crippen LogP contribution is -2.42. The zero-order valence-electron chi connectivity index (χ0n) is 12.8. The number of rotatable bonds is 8. The van der Waals surface area contributed by atoms with Gasteiger partial charge in [-0.3, -0.25) is 4.90 Å². The summed E-state index contributed by atoms with van der Waals surface area (Å²) in [5, 5.41) is 0. The molecule has 1 unspecified atom stereocenters. The fraction of sp³-hybridized carbons (Fsp3) is 0.733. The highest BCUT2D eigenvalue weighted by molar-refractivity contribution is 9.13. The molecule has 0 amide bonds. The summed E-state index contributed by atoms with van der Waals surface area (Å²) in [5.74, 6) is 0.650. The van der Waals surface area contributed by atoms with Crippen molar-refractivity contribution in [2.75, 3.05) is 13.1 Å². The van der Waals surface area contributed by atoms with Gasteiger partial charge < -0.3 is 5.73 Å². The molecule has 1 heterocycles. The Morgan fingerprint density at radius 3 is 2.20 bits per heavy atom. The lowest BCUT2D eigenvalue weighted by molar-refractivity contribution is 0.114. The average Bonchev–Trinajstić information content (AvgIpc) is 2.71. The van der Waals surface area contributed by atoms with Gasteiger partial charge >= 0.3 is 0 Å². The number of hydrogen-bond acceptors (Lipinski definition) is 3. The van der Waals surface area contributed by atoms with E-state index in [2.05, 4.69) is 70.5 Å². The number of halogens is 2. The van der Waals surface area contributed by atoms with Gasteiger partial charge in [0, 0.05) is 28.5 Å². The highest BCUT2D eigenvalue weighted by atomic mass is 79.9. The molecule has 1 aromatic rings. The Bertz CT molecular complexity index is 383. The van der Waals surface area contributed by atoms with E-state index in [1.807, 2.05) is 0 Å². The van der Waals surface area contributed by atoms with E-state index in [0.717, 1.165) is 14.8 Å². The monoisotopic (exact) mass is 424 g/mol. The van der Waals surface area contributed by atoms with Crippen LogP contribution in [0.3, 0.4) is 0 Å². The lowest BCUT2D eigenvalue weighted by atomic mass is 10.0. The van der Waals surface area contributed by atoms with Crippen molar-refractivity contribution in [3.05, 3.63) is 19.2 Å². The smallest absolute Gasteiger partial charge is 0.0843 e. The molecular weight excluding hydrogens is 400 g/mol. The molecule has 1 atom stereocenters. The fourth-order valence-corrected chi connectivity index (χ4v) is 4.88. The predicted molar refractivity (Wildman–Crippen MR) is 97.4 cm³/mol. The van der Waals surface area contributed by atoms with Gasteiger partial charge in [0.25, 0.3) is 0 Å². The molecule has 2 N–H and O–H groups in total. The van der Waals surface area contributed by atoms with Crippen LogP contribution in [0.25, 0.3) is 0 Å². The Balaban J connectivity index is 3.06. The molecule has 0 spiro atoms. The van der Waals surface area contributed by atoms with Crippen LogP contribution >= 0.6 is 43.2 Å². The van der Waals surface area contributed by atoms with Gasteiger partial charge in [0.2, 0.25) is 0 Å². The molecule has 5 heteroatoms. The Hall–Kier alpha value is 0.580. The summed E-state index contributed by atoms with van der Waals surface area (Å²) in [7, 11) is 0. The normalized spacial score (nSPS) is 13.7. The molecule has 0 saturated heterocycles. The van der Waals surface area contributed by atoms with Crippen molar-refractivity contribution in [1.29, 1.82) is 0 Å². The van der Waals surface area contributed by atoms with Crippen molar-refractivity contribution in [2.45, 2.75) is 52.6 Å². The zero-order valence-corrected chi connectivity index (χ0v) is 16.8. The number of thiophene rings is 1. The minimum atomic E-state index is 0.315. The first-order valence-electron chi connectivity index (χ1n) is 7.35. The molecule has 0 fully saturated rings. The van der Waals surface area contributed by atoms with E-state index in [1.54, 1.807) is 11.3 Å². The molecule has 0 aromatic carbocycles. The van der Waals surface area contributed by atoms with Gasteiger partial charge in [0.1, 0.15) is 0 Å². The summed E-state index contributed by atoms with van der Waals surface area (Å²) in [5.41, 5.74) is 6.12. The molecule has 1 rings (SSSR count). The summed E-state index contributed by atoms with van der Waals surface area (Å²) in [6, 6.07) is 3.13. The van der Waals surface area contributed by atoms with Crippen LogP contribution in [0.4, 0.5) is 0 Å². The first kappa shape index (κ1) is 18.6. The van der Waals surface area contributed by atoms with Gasteiger partial charge in [-0.15, -0.1) is 11.3 Å². The van der Waals surface area contributed by atoms with Gasteiger partial charge in [0.15, 0.2) is 0 Å². The second-order valence-electron chi connectivity index (χ2n) is 5.58. The van der Waals surface area contributed by atoms with E-state index < -0.39 is 0 Å². The fourth-order valence-electron chi connectivity index (χ4n) is 2.65. The van der Waals surface area contributed by atoms with Crippen molar-refractivity contribution >= 4 is 43.2 Å². The molecule has 116 valence electrons. The molecule has 0 saturated carbocycles. The van der Waals surface area contributed by atoms with Crippen molar-refractivity contribution in [2.24, 2.45) is 11.7 Å². The predicted octanol–water partition coefficient (Wildman–Crippen LogP) is 5.42. The molecule has 0 bridgehead atoms. The van der Waals surface area contributed by atoms with Crippen LogP contribution in [0.1, 0.15) is 51.5 Å². The van der Waals surface area contributed by atoms with Crippen molar-refractivity contribution < 1.29 is 0 Å². The van der Waals surface area contributed by atoms with E-state index in [1.165, 1.54) is 17.7 Å². The maximum atomic E-state index is 6.12. The Morgan fingerprint density at radius 2 is 1.85 bits per heavy atom. The molecular formula is C15H26Br2N2S. The van der Waals surface area contributed by atoms with E-state index in [9.17, 15) is 0 Å². The molecule has 1 aromatic heterocycles. The van der Waals surface area contributed by atoms with E-state index in [4.69, 9.17) is 5.73 Å². The van der Waals surface area contributed by atoms with Crippen LogP contribution in [0.2, 0.25) is 0 Å². The van der Waals surface area contributed by atoms with Crippen LogP contribution < -0.4 is 5.73 Å². The van der Waals surface area contributed by atoms with E-state index in [-0.39, 0.29) is 0 Å². The van der Waals surface area contributed by atoms with Crippen LogP contribution in [0.15, 0.2) is 14.3 Å². The molecule has 0 aliphatic heterocycles. The summed E-state index contributed by atoms with van der Waals surface area (Å²) in [6.45, 7) is 10.9. The molecule has 20 heavy (non-hydrogen) atoms.